The van der Waals surface area contributed by atoms with Crippen molar-refractivity contribution in [1.82, 2.24) is 4.90 Å². The molecule has 0 aromatic rings. The van der Waals surface area contributed by atoms with E-state index in [1.165, 1.54) is 11.1 Å². The topological polar surface area (TPSA) is 59.0 Å². The van der Waals surface area contributed by atoms with Crippen molar-refractivity contribution >= 4 is 6.09 Å². The van der Waals surface area contributed by atoms with Crippen molar-refractivity contribution < 1.29 is 19.4 Å². The van der Waals surface area contributed by atoms with Gasteiger partial charge in [0.25, 0.3) is 0 Å². The fourth-order valence-corrected chi connectivity index (χ4v) is 0.799. The first-order valence-corrected chi connectivity index (χ1v) is 3.65. The van der Waals surface area contributed by atoms with Crippen LogP contribution in [-0.2, 0) is 9.47 Å². The van der Waals surface area contributed by atoms with Crippen LogP contribution in [0.3, 0.4) is 0 Å². The zero-order chi connectivity index (χ0) is 8.97. The van der Waals surface area contributed by atoms with Crippen LogP contribution in [0, 0.1) is 0 Å². The molecule has 0 atom stereocenters. The van der Waals surface area contributed by atoms with Gasteiger partial charge in [0, 0.05) is 0 Å². The number of hydrogen-bond donors (Lipinski definition) is 1. The molecule has 1 aliphatic heterocycles. The third kappa shape index (κ3) is 1.88. The van der Waals surface area contributed by atoms with Crippen LogP contribution in [0.4, 0.5) is 4.79 Å². The molecule has 0 saturated carbocycles. The summed E-state index contributed by atoms with van der Waals surface area (Å²) < 4.78 is 9.62. The summed E-state index contributed by atoms with van der Waals surface area (Å²) in [4.78, 5) is 12.3. The molecule has 1 heterocycles. The Balaban J connectivity index is 2.45. The number of carbonyl (C=O) groups excluding carboxylic acids is 1. The third-order valence-electron chi connectivity index (χ3n) is 1.35. The van der Waals surface area contributed by atoms with Crippen LogP contribution in [0.1, 0.15) is 6.92 Å². The smallest absolute Gasteiger partial charge is 0.416 e. The highest BCUT2D eigenvalue weighted by Gasteiger charge is 2.19. The summed E-state index contributed by atoms with van der Waals surface area (Å²) in [6.07, 6.45) is 0.971. The standard InChI is InChI=1S/C7H11NO4/c1-2-11-7(10)8-3-6(4-9)12-5-8/h3,9H,2,4-5H2,1H3. The van der Waals surface area contributed by atoms with Gasteiger partial charge in [-0.15, -0.1) is 0 Å². The lowest BCUT2D eigenvalue weighted by Gasteiger charge is -2.09. The van der Waals surface area contributed by atoms with Gasteiger partial charge in [-0.1, -0.05) is 0 Å². The van der Waals surface area contributed by atoms with Gasteiger partial charge in [0.2, 0.25) is 0 Å². The molecule has 5 nitrogen and oxygen atoms in total. The average Bonchev–Trinajstić information content (AvgIpc) is 2.52. The van der Waals surface area contributed by atoms with Gasteiger partial charge in [0.05, 0.1) is 12.8 Å². The van der Waals surface area contributed by atoms with Crippen LogP contribution in [0.25, 0.3) is 0 Å². The maximum Gasteiger partial charge on any atom is 0.416 e. The number of aliphatic hydroxyl groups is 1. The highest BCUT2D eigenvalue weighted by atomic mass is 16.6. The maximum atomic E-state index is 11.0. The molecule has 0 aromatic heterocycles. The predicted molar refractivity (Wildman–Crippen MR) is 40.0 cm³/mol. The van der Waals surface area contributed by atoms with Crippen molar-refractivity contribution in [1.29, 1.82) is 0 Å². The summed E-state index contributed by atoms with van der Waals surface area (Å²) in [6, 6.07) is 0. The van der Waals surface area contributed by atoms with E-state index in [1.807, 2.05) is 0 Å². The highest BCUT2D eigenvalue weighted by Crippen LogP contribution is 2.10. The first kappa shape index (κ1) is 8.86. The molecule has 5 heteroatoms. The Morgan fingerprint density at radius 3 is 3.17 bits per heavy atom. The van der Waals surface area contributed by atoms with Gasteiger partial charge in [-0.3, -0.25) is 0 Å². The summed E-state index contributed by atoms with van der Waals surface area (Å²) in [5.74, 6) is 0.378. The summed E-state index contributed by atoms with van der Waals surface area (Å²) in [5, 5.41) is 8.62. The number of ether oxygens (including phenoxy) is 2. The van der Waals surface area contributed by atoms with Crippen molar-refractivity contribution in [3.05, 3.63) is 12.0 Å². The van der Waals surface area contributed by atoms with Gasteiger partial charge >= 0.3 is 6.09 Å². The van der Waals surface area contributed by atoms with Gasteiger partial charge in [-0.05, 0) is 6.92 Å². The number of aliphatic hydroxyl groups excluding tert-OH is 1. The van der Waals surface area contributed by atoms with Crippen molar-refractivity contribution in [3.8, 4) is 0 Å². The van der Waals surface area contributed by atoms with Crippen molar-refractivity contribution in [2.24, 2.45) is 0 Å². The Kier molecular flexibility index (Phi) is 2.93. The average molecular weight is 173 g/mol. The van der Waals surface area contributed by atoms with Crippen molar-refractivity contribution in [2.75, 3.05) is 19.9 Å². The minimum absolute atomic E-state index is 0.120. The van der Waals surface area contributed by atoms with E-state index in [0.29, 0.717) is 12.4 Å². The minimum atomic E-state index is -0.457. The molecule has 0 bridgehead atoms. The molecule has 1 rings (SSSR count). The highest BCUT2D eigenvalue weighted by molar-refractivity contribution is 5.69. The van der Waals surface area contributed by atoms with Crippen LogP contribution in [-0.4, -0.2) is 36.0 Å². The van der Waals surface area contributed by atoms with Gasteiger partial charge in [-0.2, -0.15) is 0 Å². The molecule has 0 aromatic carbocycles. The number of nitrogens with zero attached hydrogens (tertiary/aromatic N) is 1. The Bertz CT molecular complexity index is 202. The largest absolute Gasteiger partial charge is 0.473 e. The molecular formula is C7H11NO4. The monoisotopic (exact) mass is 173 g/mol. The lowest BCUT2D eigenvalue weighted by molar-refractivity contribution is 0.0883. The van der Waals surface area contributed by atoms with E-state index in [2.05, 4.69) is 0 Å². The minimum Gasteiger partial charge on any atom is -0.473 e. The molecule has 0 radical (unpaired) electrons. The van der Waals surface area contributed by atoms with E-state index in [0.717, 1.165) is 0 Å². The molecule has 12 heavy (non-hydrogen) atoms. The van der Waals surface area contributed by atoms with E-state index in [1.54, 1.807) is 6.92 Å². The Labute approximate surface area is 70.2 Å². The lowest BCUT2D eigenvalue weighted by Crippen LogP contribution is -2.24. The van der Waals surface area contributed by atoms with E-state index in [4.69, 9.17) is 14.6 Å². The van der Waals surface area contributed by atoms with E-state index in [-0.39, 0.29) is 13.3 Å². The molecule has 1 amide bonds. The zero-order valence-electron chi connectivity index (χ0n) is 6.82. The van der Waals surface area contributed by atoms with E-state index < -0.39 is 6.09 Å². The number of hydrogen-bond acceptors (Lipinski definition) is 4. The number of rotatable bonds is 2. The maximum absolute atomic E-state index is 11.0. The first-order valence-electron chi connectivity index (χ1n) is 3.65. The molecule has 1 aliphatic rings. The predicted octanol–water partition coefficient (Wildman–Crippen LogP) is 0.266. The lowest BCUT2D eigenvalue weighted by atomic mass is 10.6. The normalized spacial score (nSPS) is 15.5. The SMILES string of the molecule is CCOC(=O)N1C=C(CO)OC1. The molecule has 68 valence electrons. The second-order valence-electron chi connectivity index (χ2n) is 2.20. The van der Waals surface area contributed by atoms with Crippen molar-refractivity contribution in [2.45, 2.75) is 6.92 Å². The van der Waals surface area contributed by atoms with Gasteiger partial charge in [0.1, 0.15) is 12.4 Å². The van der Waals surface area contributed by atoms with E-state index >= 15 is 0 Å². The molecule has 0 fully saturated rings. The second kappa shape index (κ2) is 3.96. The van der Waals surface area contributed by atoms with Gasteiger partial charge < -0.3 is 14.6 Å². The van der Waals surface area contributed by atoms with Gasteiger partial charge in [-0.25, -0.2) is 9.69 Å². The van der Waals surface area contributed by atoms with Crippen LogP contribution in [0.2, 0.25) is 0 Å². The number of amides is 1. The molecular weight excluding hydrogens is 162 g/mol. The quantitative estimate of drug-likeness (QED) is 0.651. The molecule has 1 N–H and O–H groups in total. The number of carbonyl (C=O) groups is 1. The Morgan fingerprint density at radius 1 is 1.92 bits per heavy atom. The Hall–Kier alpha value is -1.23. The molecule has 0 aliphatic carbocycles. The Morgan fingerprint density at radius 2 is 2.67 bits per heavy atom. The molecule has 0 saturated heterocycles. The van der Waals surface area contributed by atoms with Gasteiger partial charge in [0.15, 0.2) is 6.73 Å². The molecule has 0 spiro atoms. The first-order chi connectivity index (χ1) is 5.77. The summed E-state index contributed by atoms with van der Waals surface area (Å²) in [5.41, 5.74) is 0. The fourth-order valence-electron chi connectivity index (χ4n) is 0.799. The van der Waals surface area contributed by atoms with Crippen LogP contribution >= 0.6 is 0 Å². The summed E-state index contributed by atoms with van der Waals surface area (Å²) >= 11 is 0. The van der Waals surface area contributed by atoms with Crippen LogP contribution in [0.15, 0.2) is 12.0 Å². The van der Waals surface area contributed by atoms with Crippen molar-refractivity contribution in [3.63, 3.8) is 0 Å². The third-order valence-corrected chi connectivity index (χ3v) is 1.35. The molecule has 0 unspecified atom stereocenters. The van der Waals surface area contributed by atoms with E-state index in [9.17, 15) is 4.79 Å². The zero-order valence-corrected chi connectivity index (χ0v) is 6.82. The summed E-state index contributed by atoms with van der Waals surface area (Å²) in [7, 11) is 0. The summed E-state index contributed by atoms with van der Waals surface area (Å²) in [6.45, 7) is 1.98. The second-order valence-corrected chi connectivity index (χ2v) is 2.20. The van der Waals surface area contributed by atoms with Crippen LogP contribution in [0.5, 0.6) is 0 Å². The fraction of sp³-hybridized carbons (Fsp3) is 0.571. The van der Waals surface area contributed by atoms with Crippen LogP contribution < -0.4 is 0 Å².